The van der Waals surface area contributed by atoms with Crippen molar-refractivity contribution in [3.05, 3.63) is 23.3 Å². The first kappa shape index (κ1) is 20.0. The van der Waals surface area contributed by atoms with Crippen LogP contribution in [0, 0.1) is 0 Å². The van der Waals surface area contributed by atoms with E-state index in [1.54, 1.807) is 7.11 Å². The van der Waals surface area contributed by atoms with Crippen LogP contribution in [0.3, 0.4) is 0 Å². The molecule has 1 saturated heterocycles. The molecule has 1 aromatic rings. The van der Waals surface area contributed by atoms with Gasteiger partial charge in [-0.05, 0) is 42.9 Å². The summed E-state index contributed by atoms with van der Waals surface area (Å²) in [6.07, 6.45) is 4.57. The van der Waals surface area contributed by atoms with E-state index in [1.165, 1.54) is 24.0 Å². The standard InChI is InChI=1S/C18H29N3O2.C2H6/c1-23-18-16-4-2-3-15(13-14(16)5-6-17(18)19)21-9-7-20(8-10-21)11-12-22;1-2/h5-6,15,22H,2-4,7-13,19H2,1H3;1-2H3. The van der Waals surface area contributed by atoms with Crippen LogP contribution in [0.25, 0.3) is 0 Å². The number of hydrogen-bond donors (Lipinski definition) is 2. The summed E-state index contributed by atoms with van der Waals surface area (Å²) >= 11 is 0. The van der Waals surface area contributed by atoms with Crippen LogP contribution in [0.4, 0.5) is 5.69 Å². The van der Waals surface area contributed by atoms with Crippen molar-refractivity contribution in [2.75, 3.05) is 52.2 Å². The molecule has 0 radical (unpaired) electrons. The van der Waals surface area contributed by atoms with Crippen molar-refractivity contribution in [3.63, 3.8) is 0 Å². The summed E-state index contributed by atoms with van der Waals surface area (Å²) in [6.45, 7) is 9.40. The van der Waals surface area contributed by atoms with Crippen LogP contribution in [-0.4, -0.2) is 67.4 Å². The molecule has 5 nitrogen and oxygen atoms in total. The lowest BCUT2D eigenvalue weighted by Gasteiger charge is -2.39. The van der Waals surface area contributed by atoms with E-state index >= 15 is 0 Å². The number of nitrogens with two attached hydrogens (primary N) is 1. The Morgan fingerprint density at radius 2 is 1.92 bits per heavy atom. The summed E-state index contributed by atoms with van der Waals surface area (Å²) in [7, 11) is 1.72. The number of hydrogen-bond acceptors (Lipinski definition) is 5. The Bertz CT molecular complexity index is 528. The molecule has 1 fully saturated rings. The van der Waals surface area contributed by atoms with Crippen molar-refractivity contribution in [2.45, 2.75) is 45.6 Å². The second-order valence-corrected chi connectivity index (χ2v) is 6.68. The molecule has 0 spiro atoms. The van der Waals surface area contributed by atoms with Gasteiger partial charge in [-0.1, -0.05) is 19.9 Å². The number of β-amino-alcohol motifs (C(OH)–C–C–N with tert-alkyl or cyclic N) is 1. The molecule has 1 atom stereocenters. The number of benzene rings is 1. The third-order valence-electron chi connectivity index (χ3n) is 5.35. The summed E-state index contributed by atoms with van der Waals surface area (Å²) in [5.74, 6) is 0.885. The summed E-state index contributed by atoms with van der Waals surface area (Å²) in [5.41, 5.74) is 9.53. The Morgan fingerprint density at radius 3 is 2.56 bits per heavy atom. The Kier molecular flexibility index (Phi) is 8.00. The zero-order valence-corrected chi connectivity index (χ0v) is 16.1. The third-order valence-corrected chi connectivity index (χ3v) is 5.35. The number of rotatable bonds is 4. The number of aliphatic hydroxyl groups is 1. The maximum atomic E-state index is 9.07. The molecule has 3 N–H and O–H groups in total. The van der Waals surface area contributed by atoms with Gasteiger partial charge in [-0.25, -0.2) is 0 Å². The summed E-state index contributed by atoms with van der Waals surface area (Å²) in [4.78, 5) is 4.98. The minimum Gasteiger partial charge on any atom is -0.494 e. The van der Waals surface area contributed by atoms with Crippen LogP contribution in [0.1, 0.15) is 37.8 Å². The predicted octanol–water partition coefficient (Wildman–Crippen LogP) is 2.16. The van der Waals surface area contributed by atoms with Crippen molar-refractivity contribution in [1.29, 1.82) is 0 Å². The van der Waals surface area contributed by atoms with Crippen LogP contribution in [0.15, 0.2) is 12.1 Å². The highest BCUT2D eigenvalue weighted by atomic mass is 16.5. The van der Waals surface area contributed by atoms with Crippen LogP contribution >= 0.6 is 0 Å². The zero-order valence-electron chi connectivity index (χ0n) is 16.1. The van der Waals surface area contributed by atoms with Crippen molar-refractivity contribution in [2.24, 2.45) is 0 Å². The topological polar surface area (TPSA) is 62.0 Å². The van der Waals surface area contributed by atoms with Gasteiger partial charge in [0.1, 0.15) is 5.75 Å². The van der Waals surface area contributed by atoms with Gasteiger partial charge in [0.15, 0.2) is 0 Å². The molecule has 1 unspecified atom stereocenters. The Hall–Kier alpha value is -1.30. The lowest BCUT2D eigenvalue weighted by Crippen LogP contribution is -2.51. The lowest BCUT2D eigenvalue weighted by atomic mass is 9.99. The van der Waals surface area contributed by atoms with E-state index in [0.717, 1.165) is 57.0 Å². The van der Waals surface area contributed by atoms with Crippen LogP contribution in [-0.2, 0) is 12.8 Å². The van der Waals surface area contributed by atoms with Crippen molar-refractivity contribution >= 4 is 5.69 Å². The molecule has 142 valence electrons. The smallest absolute Gasteiger partial charge is 0.145 e. The van der Waals surface area contributed by atoms with E-state index in [2.05, 4.69) is 15.9 Å². The van der Waals surface area contributed by atoms with Gasteiger partial charge in [-0.15, -0.1) is 0 Å². The highest BCUT2D eigenvalue weighted by Gasteiger charge is 2.27. The van der Waals surface area contributed by atoms with E-state index < -0.39 is 0 Å². The average Bonchev–Trinajstić information content (AvgIpc) is 2.87. The molecule has 1 aliphatic carbocycles. The molecule has 0 aromatic heterocycles. The quantitative estimate of drug-likeness (QED) is 0.644. The minimum atomic E-state index is 0.262. The van der Waals surface area contributed by atoms with E-state index in [9.17, 15) is 0 Å². The highest BCUT2D eigenvalue weighted by molar-refractivity contribution is 5.60. The number of fused-ring (bicyclic) bond motifs is 1. The van der Waals surface area contributed by atoms with Crippen molar-refractivity contribution in [3.8, 4) is 5.75 Å². The molecular weight excluding hydrogens is 314 g/mol. The molecule has 5 heteroatoms. The maximum absolute atomic E-state index is 9.07. The molecule has 3 rings (SSSR count). The van der Waals surface area contributed by atoms with Crippen molar-refractivity contribution in [1.82, 2.24) is 9.80 Å². The average molecular weight is 350 g/mol. The monoisotopic (exact) mass is 349 g/mol. The fraction of sp³-hybridized carbons (Fsp3) is 0.700. The van der Waals surface area contributed by atoms with Gasteiger partial charge in [0.25, 0.3) is 0 Å². The zero-order chi connectivity index (χ0) is 18.2. The fourth-order valence-corrected chi connectivity index (χ4v) is 4.07. The molecule has 1 heterocycles. The van der Waals surface area contributed by atoms with E-state index in [0.29, 0.717) is 6.04 Å². The normalized spacial score (nSPS) is 21.7. The summed E-state index contributed by atoms with van der Waals surface area (Å²) < 4.78 is 5.55. The molecule has 2 aliphatic rings. The molecule has 25 heavy (non-hydrogen) atoms. The van der Waals surface area contributed by atoms with Crippen molar-refractivity contribution < 1.29 is 9.84 Å². The molecule has 1 aromatic carbocycles. The number of piperazine rings is 1. The van der Waals surface area contributed by atoms with Gasteiger partial charge in [0.05, 0.1) is 19.4 Å². The number of ether oxygens (including phenoxy) is 1. The Morgan fingerprint density at radius 1 is 1.20 bits per heavy atom. The largest absolute Gasteiger partial charge is 0.494 e. The fourth-order valence-electron chi connectivity index (χ4n) is 4.07. The SMILES string of the molecule is CC.COc1c(N)ccc2c1CCCC(N1CCN(CCO)CC1)C2. The van der Waals surface area contributed by atoms with Gasteiger partial charge >= 0.3 is 0 Å². The Labute approximate surface area is 152 Å². The summed E-state index contributed by atoms with van der Waals surface area (Å²) in [5, 5.41) is 9.07. The van der Waals surface area contributed by atoms with Crippen LogP contribution in [0.5, 0.6) is 5.75 Å². The van der Waals surface area contributed by atoms with Crippen LogP contribution in [0.2, 0.25) is 0 Å². The van der Waals surface area contributed by atoms with Gasteiger partial charge in [0, 0.05) is 38.8 Å². The predicted molar refractivity (Wildman–Crippen MR) is 104 cm³/mol. The number of methoxy groups -OCH3 is 1. The molecule has 1 aliphatic heterocycles. The molecule has 0 saturated carbocycles. The second-order valence-electron chi connectivity index (χ2n) is 6.68. The van der Waals surface area contributed by atoms with E-state index in [1.807, 2.05) is 19.9 Å². The van der Waals surface area contributed by atoms with Gasteiger partial charge < -0.3 is 15.6 Å². The van der Waals surface area contributed by atoms with Crippen LogP contribution < -0.4 is 10.5 Å². The first-order valence-electron chi connectivity index (χ1n) is 9.74. The second kappa shape index (κ2) is 10.00. The first-order chi connectivity index (χ1) is 12.2. The molecule has 0 amide bonds. The number of nitrogens with zero attached hydrogens (tertiary/aromatic N) is 2. The van der Waals surface area contributed by atoms with Gasteiger partial charge in [-0.3, -0.25) is 9.80 Å². The number of aliphatic hydroxyl groups excluding tert-OH is 1. The highest BCUT2D eigenvalue weighted by Crippen LogP contribution is 2.34. The molecular formula is C20H35N3O2. The van der Waals surface area contributed by atoms with Gasteiger partial charge in [0.2, 0.25) is 0 Å². The van der Waals surface area contributed by atoms with E-state index in [-0.39, 0.29) is 6.61 Å². The molecule has 0 bridgehead atoms. The minimum absolute atomic E-state index is 0.262. The number of nitrogen functional groups attached to an aromatic ring is 1. The first-order valence-corrected chi connectivity index (χ1v) is 9.74. The Balaban J connectivity index is 0.00000109. The third kappa shape index (κ3) is 4.87. The lowest BCUT2D eigenvalue weighted by molar-refractivity contribution is 0.0805. The van der Waals surface area contributed by atoms with Gasteiger partial charge in [-0.2, -0.15) is 0 Å². The van der Waals surface area contributed by atoms with E-state index in [4.69, 9.17) is 15.6 Å². The maximum Gasteiger partial charge on any atom is 0.145 e. The number of anilines is 1. The summed E-state index contributed by atoms with van der Waals surface area (Å²) in [6, 6.07) is 4.79.